The standard InChI is InChI=1S/C11H13F9O2/c12-8(13,3-5-21-6-7-2-1-4-22-7)9(14,15)10(16,17)11(18,19)20/h7H,1-6H2. The van der Waals surface area contributed by atoms with Crippen molar-refractivity contribution in [2.24, 2.45) is 0 Å². The van der Waals surface area contributed by atoms with Gasteiger partial charge in [0, 0.05) is 13.0 Å². The lowest BCUT2D eigenvalue weighted by Crippen LogP contribution is -2.61. The van der Waals surface area contributed by atoms with Crippen molar-refractivity contribution in [1.82, 2.24) is 0 Å². The van der Waals surface area contributed by atoms with E-state index in [0.717, 1.165) is 0 Å². The third kappa shape index (κ3) is 3.79. The highest BCUT2D eigenvalue weighted by molar-refractivity contribution is 5.00. The van der Waals surface area contributed by atoms with Gasteiger partial charge in [-0.3, -0.25) is 0 Å². The minimum atomic E-state index is -6.85. The lowest BCUT2D eigenvalue weighted by molar-refractivity contribution is -0.397. The molecule has 0 aromatic carbocycles. The van der Waals surface area contributed by atoms with Crippen molar-refractivity contribution < 1.29 is 49.0 Å². The minimum absolute atomic E-state index is 0.225. The highest BCUT2D eigenvalue weighted by Crippen LogP contribution is 2.53. The van der Waals surface area contributed by atoms with Crippen LogP contribution in [0.2, 0.25) is 0 Å². The molecular formula is C11H13F9O2. The Balaban J connectivity index is 2.59. The predicted molar refractivity (Wildman–Crippen MR) is 55.3 cm³/mol. The molecule has 0 aromatic heterocycles. The van der Waals surface area contributed by atoms with Gasteiger partial charge < -0.3 is 9.47 Å². The first-order chi connectivity index (χ1) is 9.83. The fourth-order valence-electron chi connectivity index (χ4n) is 1.76. The van der Waals surface area contributed by atoms with Gasteiger partial charge in [-0.15, -0.1) is 0 Å². The van der Waals surface area contributed by atoms with Crippen molar-refractivity contribution in [2.45, 2.75) is 49.3 Å². The fraction of sp³-hybridized carbons (Fsp3) is 1.00. The van der Waals surface area contributed by atoms with Crippen LogP contribution in [0.4, 0.5) is 39.5 Å². The molecule has 0 radical (unpaired) electrons. The normalized spacial score (nSPS) is 21.4. The van der Waals surface area contributed by atoms with Crippen LogP contribution in [-0.4, -0.2) is 49.9 Å². The molecule has 132 valence electrons. The Morgan fingerprint density at radius 1 is 0.909 bits per heavy atom. The van der Waals surface area contributed by atoms with Gasteiger partial charge in [0.2, 0.25) is 0 Å². The average molecular weight is 348 g/mol. The number of rotatable bonds is 7. The van der Waals surface area contributed by atoms with Gasteiger partial charge in [0.05, 0.1) is 19.3 Å². The monoisotopic (exact) mass is 348 g/mol. The summed E-state index contributed by atoms with van der Waals surface area (Å²) in [5, 5.41) is 0. The zero-order chi connectivity index (χ0) is 17.2. The van der Waals surface area contributed by atoms with Crippen molar-refractivity contribution in [1.29, 1.82) is 0 Å². The SMILES string of the molecule is FC(F)(F)C(F)(F)C(F)(F)C(F)(F)CCOCC1CCCO1. The summed E-state index contributed by atoms with van der Waals surface area (Å²) in [4.78, 5) is 0. The van der Waals surface area contributed by atoms with Gasteiger partial charge in [-0.1, -0.05) is 0 Å². The fourth-order valence-corrected chi connectivity index (χ4v) is 1.76. The quantitative estimate of drug-likeness (QED) is 0.511. The number of hydrogen-bond acceptors (Lipinski definition) is 2. The molecule has 1 aliphatic heterocycles. The summed E-state index contributed by atoms with van der Waals surface area (Å²) in [6.07, 6.45) is -7.94. The van der Waals surface area contributed by atoms with E-state index in [2.05, 4.69) is 4.74 Å². The lowest BCUT2D eigenvalue weighted by atomic mass is 10.0. The van der Waals surface area contributed by atoms with Gasteiger partial charge in [-0.05, 0) is 12.8 Å². The second-order valence-corrected chi connectivity index (χ2v) is 4.81. The topological polar surface area (TPSA) is 18.5 Å². The minimum Gasteiger partial charge on any atom is -0.379 e. The van der Waals surface area contributed by atoms with Crippen LogP contribution in [0.1, 0.15) is 19.3 Å². The molecule has 1 rings (SSSR count). The predicted octanol–water partition coefficient (Wildman–Crippen LogP) is 4.04. The van der Waals surface area contributed by atoms with Crippen LogP contribution in [-0.2, 0) is 9.47 Å². The van der Waals surface area contributed by atoms with Crippen LogP contribution in [0.5, 0.6) is 0 Å². The van der Waals surface area contributed by atoms with Gasteiger partial charge in [0.15, 0.2) is 0 Å². The average Bonchev–Trinajstić information content (AvgIpc) is 2.85. The van der Waals surface area contributed by atoms with Crippen LogP contribution in [0.15, 0.2) is 0 Å². The third-order valence-electron chi connectivity index (χ3n) is 3.10. The largest absolute Gasteiger partial charge is 0.460 e. The van der Waals surface area contributed by atoms with E-state index < -0.39 is 43.1 Å². The highest BCUT2D eigenvalue weighted by atomic mass is 19.4. The molecule has 0 aromatic rings. The number of hydrogen-bond donors (Lipinski definition) is 0. The summed E-state index contributed by atoms with van der Waals surface area (Å²) in [6.45, 7) is -0.909. The highest BCUT2D eigenvalue weighted by Gasteiger charge is 2.81. The summed E-state index contributed by atoms with van der Waals surface area (Å²) < 4.78 is 122. The van der Waals surface area contributed by atoms with Crippen LogP contribution in [0.3, 0.4) is 0 Å². The van der Waals surface area contributed by atoms with Crippen LogP contribution < -0.4 is 0 Å². The van der Waals surface area contributed by atoms with Gasteiger partial charge in [-0.25, -0.2) is 0 Å². The first kappa shape index (κ1) is 19.3. The van der Waals surface area contributed by atoms with Gasteiger partial charge >= 0.3 is 23.9 Å². The molecule has 11 heteroatoms. The molecule has 0 aliphatic carbocycles. The van der Waals surface area contributed by atoms with Crippen molar-refractivity contribution in [3.8, 4) is 0 Å². The van der Waals surface area contributed by atoms with Crippen molar-refractivity contribution in [3.05, 3.63) is 0 Å². The zero-order valence-electron chi connectivity index (χ0n) is 11.0. The first-order valence-electron chi connectivity index (χ1n) is 6.22. The summed E-state index contributed by atoms with van der Waals surface area (Å²) in [5.41, 5.74) is 0. The maximum atomic E-state index is 13.1. The molecule has 1 saturated heterocycles. The zero-order valence-corrected chi connectivity index (χ0v) is 11.0. The summed E-state index contributed by atoms with van der Waals surface area (Å²) in [6, 6.07) is 0. The molecule has 0 spiro atoms. The number of alkyl halides is 9. The van der Waals surface area contributed by atoms with E-state index in [1.54, 1.807) is 0 Å². The van der Waals surface area contributed by atoms with E-state index in [9.17, 15) is 39.5 Å². The van der Waals surface area contributed by atoms with E-state index >= 15 is 0 Å². The molecule has 0 N–H and O–H groups in total. The van der Waals surface area contributed by atoms with E-state index in [1.165, 1.54) is 0 Å². The molecule has 0 saturated carbocycles. The lowest BCUT2D eigenvalue weighted by Gasteiger charge is -2.33. The van der Waals surface area contributed by atoms with Crippen LogP contribution in [0.25, 0.3) is 0 Å². The molecule has 1 aliphatic rings. The van der Waals surface area contributed by atoms with Gasteiger partial charge in [-0.2, -0.15) is 39.5 Å². The van der Waals surface area contributed by atoms with Crippen LogP contribution >= 0.6 is 0 Å². The number of halogens is 9. The first-order valence-corrected chi connectivity index (χ1v) is 6.22. The van der Waals surface area contributed by atoms with Crippen molar-refractivity contribution in [2.75, 3.05) is 19.8 Å². The molecule has 1 fully saturated rings. The molecule has 1 unspecified atom stereocenters. The maximum absolute atomic E-state index is 13.1. The molecule has 2 nitrogen and oxygen atoms in total. The Hall–Kier alpha value is -0.710. The maximum Gasteiger partial charge on any atom is 0.460 e. The molecule has 1 atom stereocenters. The molecule has 22 heavy (non-hydrogen) atoms. The van der Waals surface area contributed by atoms with E-state index in [0.29, 0.717) is 19.4 Å². The third-order valence-corrected chi connectivity index (χ3v) is 3.10. The summed E-state index contributed by atoms with van der Waals surface area (Å²) >= 11 is 0. The van der Waals surface area contributed by atoms with E-state index in [1.807, 2.05) is 0 Å². The Morgan fingerprint density at radius 3 is 1.95 bits per heavy atom. The molecular weight excluding hydrogens is 335 g/mol. The molecule has 0 amide bonds. The summed E-state index contributed by atoms with van der Waals surface area (Å²) in [5.74, 6) is -19.0. The second kappa shape index (κ2) is 6.42. The van der Waals surface area contributed by atoms with Crippen molar-refractivity contribution >= 4 is 0 Å². The Labute approximate surface area is 119 Å². The second-order valence-electron chi connectivity index (χ2n) is 4.81. The summed E-state index contributed by atoms with van der Waals surface area (Å²) in [7, 11) is 0. The smallest absolute Gasteiger partial charge is 0.379 e. The van der Waals surface area contributed by atoms with Crippen LogP contribution in [0, 0.1) is 0 Å². The molecule has 1 heterocycles. The molecule has 0 bridgehead atoms. The van der Waals surface area contributed by atoms with Crippen molar-refractivity contribution in [3.63, 3.8) is 0 Å². The Morgan fingerprint density at radius 2 is 1.50 bits per heavy atom. The van der Waals surface area contributed by atoms with E-state index in [4.69, 9.17) is 4.74 Å². The number of ether oxygens (including phenoxy) is 2. The van der Waals surface area contributed by atoms with Gasteiger partial charge in [0.1, 0.15) is 0 Å². The Bertz CT molecular complexity index is 361. The Kier molecular flexibility index (Phi) is 5.64. The van der Waals surface area contributed by atoms with E-state index in [-0.39, 0.29) is 6.61 Å². The van der Waals surface area contributed by atoms with Gasteiger partial charge in [0.25, 0.3) is 0 Å².